The van der Waals surface area contributed by atoms with Crippen LogP contribution in [-0.2, 0) is 0 Å². The molecule has 21 heavy (non-hydrogen) atoms. The number of anilines is 2. The van der Waals surface area contributed by atoms with Gasteiger partial charge in [0.25, 0.3) is 5.91 Å². The summed E-state index contributed by atoms with van der Waals surface area (Å²) in [6.45, 7) is 3.99. The normalized spacial score (nSPS) is 10.3. The fourth-order valence-electron chi connectivity index (χ4n) is 1.68. The second-order valence-electron chi connectivity index (χ2n) is 4.78. The zero-order valence-corrected chi connectivity index (χ0v) is 12.3. The summed E-state index contributed by atoms with van der Waals surface area (Å²) >= 11 is 0. The molecule has 0 fully saturated rings. The van der Waals surface area contributed by atoms with E-state index in [9.17, 15) is 4.79 Å². The van der Waals surface area contributed by atoms with Gasteiger partial charge in [0.15, 0.2) is 0 Å². The molecule has 110 valence electrons. The SMILES string of the molecule is COc1cccc(NC(=O)c2cnc(NC(C)C)nc2)c1. The molecule has 1 heterocycles. The van der Waals surface area contributed by atoms with Crippen LogP contribution >= 0.6 is 0 Å². The van der Waals surface area contributed by atoms with Crippen molar-refractivity contribution in [2.45, 2.75) is 19.9 Å². The molecule has 1 aromatic carbocycles. The predicted molar refractivity (Wildman–Crippen MR) is 81.7 cm³/mol. The molecular formula is C15H18N4O2. The van der Waals surface area contributed by atoms with Crippen molar-refractivity contribution in [3.63, 3.8) is 0 Å². The summed E-state index contributed by atoms with van der Waals surface area (Å²) in [6, 6.07) is 7.39. The van der Waals surface area contributed by atoms with E-state index in [0.717, 1.165) is 0 Å². The molecule has 0 radical (unpaired) electrons. The highest BCUT2D eigenvalue weighted by Crippen LogP contribution is 2.17. The maximum absolute atomic E-state index is 12.1. The zero-order valence-electron chi connectivity index (χ0n) is 12.3. The van der Waals surface area contributed by atoms with Crippen LogP contribution in [0, 0.1) is 0 Å². The van der Waals surface area contributed by atoms with Gasteiger partial charge in [-0.25, -0.2) is 9.97 Å². The van der Waals surface area contributed by atoms with Gasteiger partial charge < -0.3 is 15.4 Å². The Kier molecular flexibility index (Phi) is 4.71. The summed E-state index contributed by atoms with van der Waals surface area (Å²) < 4.78 is 5.11. The molecule has 0 saturated heterocycles. The third-order valence-corrected chi connectivity index (χ3v) is 2.66. The number of carbonyl (C=O) groups excluding carboxylic acids is 1. The van der Waals surface area contributed by atoms with Gasteiger partial charge in [-0.3, -0.25) is 4.79 Å². The summed E-state index contributed by atoms with van der Waals surface area (Å²) in [7, 11) is 1.58. The molecule has 0 atom stereocenters. The number of carbonyl (C=O) groups is 1. The number of methoxy groups -OCH3 is 1. The van der Waals surface area contributed by atoms with E-state index in [1.165, 1.54) is 12.4 Å². The Labute approximate surface area is 123 Å². The molecule has 0 aliphatic heterocycles. The molecule has 0 aliphatic rings. The molecule has 2 rings (SSSR count). The van der Waals surface area contributed by atoms with E-state index < -0.39 is 0 Å². The van der Waals surface area contributed by atoms with E-state index in [4.69, 9.17) is 4.74 Å². The van der Waals surface area contributed by atoms with Crippen molar-refractivity contribution in [2.24, 2.45) is 0 Å². The Morgan fingerprint density at radius 1 is 1.24 bits per heavy atom. The van der Waals surface area contributed by atoms with Gasteiger partial charge in [-0.2, -0.15) is 0 Å². The molecular weight excluding hydrogens is 268 g/mol. The molecule has 6 nitrogen and oxygen atoms in total. The van der Waals surface area contributed by atoms with Crippen LogP contribution in [0.25, 0.3) is 0 Å². The molecule has 0 bridgehead atoms. The van der Waals surface area contributed by atoms with Crippen molar-refractivity contribution in [3.05, 3.63) is 42.2 Å². The minimum atomic E-state index is -0.264. The monoisotopic (exact) mass is 286 g/mol. The predicted octanol–water partition coefficient (Wildman–Crippen LogP) is 2.56. The third-order valence-electron chi connectivity index (χ3n) is 2.66. The van der Waals surface area contributed by atoms with Gasteiger partial charge in [-0.05, 0) is 26.0 Å². The first-order valence-corrected chi connectivity index (χ1v) is 6.62. The van der Waals surface area contributed by atoms with E-state index >= 15 is 0 Å². The van der Waals surface area contributed by atoms with Crippen LogP contribution < -0.4 is 15.4 Å². The number of hydrogen-bond acceptors (Lipinski definition) is 5. The van der Waals surface area contributed by atoms with Crippen molar-refractivity contribution in [1.82, 2.24) is 9.97 Å². The number of amides is 1. The lowest BCUT2D eigenvalue weighted by molar-refractivity contribution is 0.102. The Hall–Kier alpha value is -2.63. The van der Waals surface area contributed by atoms with Crippen molar-refractivity contribution in [1.29, 1.82) is 0 Å². The van der Waals surface area contributed by atoms with Gasteiger partial charge in [-0.15, -0.1) is 0 Å². The molecule has 0 saturated carbocycles. The number of nitrogens with zero attached hydrogens (tertiary/aromatic N) is 2. The molecule has 1 aromatic heterocycles. The highest BCUT2D eigenvalue weighted by atomic mass is 16.5. The van der Waals surface area contributed by atoms with Crippen LogP contribution in [0.4, 0.5) is 11.6 Å². The van der Waals surface area contributed by atoms with E-state index in [0.29, 0.717) is 22.9 Å². The van der Waals surface area contributed by atoms with Crippen LogP contribution in [0.2, 0.25) is 0 Å². The van der Waals surface area contributed by atoms with Crippen LogP contribution in [0.1, 0.15) is 24.2 Å². The Balaban J connectivity index is 2.05. The molecule has 1 amide bonds. The lowest BCUT2D eigenvalue weighted by Gasteiger charge is -2.09. The summed E-state index contributed by atoms with van der Waals surface area (Å²) in [5, 5.41) is 5.84. The molecule has 6 heteroatoms. The smallest absolute Gasteiger partial charge is 0.258 e. The molecule has 0 aliphatic carbocycles. The summed E-state index contributed by atoms with van der Waals surface area (Å²) in [5.74, 6) is 0.919. The second-order valence-corrected chi connectivity index (χ2v) is 4.78. The van der Waals surface area contributed by atoms with Gasteiger partial charge in [0, 0.05) is 30.2 Å². The van der Waals surface area contributed by atoms with E-state index in [1.807, 2.05) is 19.9 Å². The number of aromatic nitrogens is 2. The maximum Gasteiger partial charge on any atom is 0.258 e. The minimum absolute atomic E-state index is 0.237. The zero-order chi connectivity index (χ0) is 15.2. The number of benzene rings is 1. The first-order valence-electron chi connectivity index (χ1n) is 6.62. The molecule has 2 aromatic rings. The highest BCUT2D eigenvalue weighted by Gasteiger charge is 2.08. The van der Waals surface area contributed by atoms with E-state index in [-0.39, 0.29) is 11.9 Å². The molecule has 0 spiro atoms. The maximum atomic E-state index is 12.1. The number of hydrogen-bond donors (Lipinski definition) is 2. The molecule has 0 unspecified atom stereocenters. The third kappa shape index (κ3) is 4.17. The fourth-order valence-corrected chi connectivity index (χ4v) is 1.68. The summed E-state index contributed by atoms with van der Waals surface area (Å²) in [4.78, 5) is 20.3. The number of ether oxygens (including phenoxy) is 1. The lowest BCUT2D eigenvalue weighted by atomic mass is 10.2. The van der Waals surface area contributed by atoms with E-state index in [2.05, 4.69) is 20.6 Å². The van der Waals surface area contributed by atoms with Gasteiger partial charge in [0.1, 0.15) is 5.75 Å². The average Bonchev–Trinajstić information content (AvgIpc) is 2.47. The van der Waals surface area contributed by atoms with Crippen molar-refractivity contribution in [2.75, 3.05) is 17.7 Å². The Bertz CT molecular complexity index is 611. The van der Waals surface area contributed by atoms with Crippen LogP contribution in [0.5, 0.6) is 5.75 Å². The fraction of sp³-hybridized carbons (Fsp3) is 0.267. The molecule has 2 N–H and O–H groups in total. The minimum Gasteiger partial charge on any atom is -0.497 e. The second kappa shape index (κ2) is 6.69. The van der Waals surface area contributed by atoms with Crippen LogP contribution in [-0.4, -0.2) is 29.0 Å². The largest absolute Gasteiger partial charge is 0.497 e. The first-order chi connectivity index (χ1) is 10.1. The first kappa shape index (κ1) is 14.8. The topological polar surface area (TPSA) is 76.1 Å². The van der Waals surface area contributed by atoms with Gasteiger partial charge in [-0.1, -0.05) is 6.07 Å². The highest BCUT2D eigenvalue weighted by molar-refractivity contribution is 6.03. The standard InChI is InChI=1S/C15H18N4O2/c1-10(2)18-15-16-8-11(9-17-15)14(20)19-12-5-4-6-13(7-12)21-3/h4-10H,1-3H3,(H,19,20)(H,16,17,18). The van der Waals surface area contributed by atoms with Gasteiger partial charge in [0.05, 0.1) is 12.7 Å². The van der Waals surface area contributed by atoms with Gasteiger partial charge in [0.2, 0.25) is 5.95 Å². The van der Waals surface area contributed by atoms with Crippen molar-refractivity contribution in [3.8, 4) is 5.75 Å². The number of nitrogens with one attached hydrogen (secondary N) is 2. The number of rotatable bonds is 5. The Morgan fingerprint density at radius 2 is 1.95 bits per heavy atom. The van der Waals surface area contributed by atoms with Crippen molar-refractivity contribution >= 4 is 17.5 Å². The van der Waals surface area contributed by atoms with Crippen LogP contribution in [0.3, 0.4) is 0 Å². The van der Waals surface area contributed by atoms with E-state index in [1.54, 1.807) is 25.3 Å². The lowest BCUT2D eigenvalue weighted by Crippen LogP contribution is -2.15. The summed E-state index contributed by atoms with van der Waals surface area (Å²) in [5.41, 5.74) is 1.05. The Morgan fingerprint density at radius 3 is 2.57 bits per heavy atom. The van der Waals surface area contributed by atoms with Gasteiger partial charge >= 0.3 is 0 Å². The quantitative estimate of drug-likeness (QED) is 0.883. The average molecular weight is 286 g/mol. The summed E-state index contributed by atoms with van der Waals surface area (Å²) in [6.07, 6.45) is 2.99. The van der Waals surface area contributed by atoms with Crippen LogP contribution in [0.15, 0.2) is 36.7 Å². The van der Waals surface area contributed by atoms with Crippen molar-refractivity contribution < 1.29 is 9.53 Å².